The van der Waals surface area contributed by atoms with Crippen molar-refractivity contribution in [2.45, 2.75) is 6.54 Å². The minimum absolute atomic E-state index is 0.155. The molecule has 2 heterocycles. The second kappa shape index (κ2) is 8.81. The first-order valence-corrected chi connectivity index (χ1v) is 10.4. The van der Waals surface area contributed by atoms with E-state index in [2.05, 4.69) is 21.2 Å². The molecule has 4 rings (SSSR count). The number of anilines is 1. The summed E-state index contributed by atoms with van der Waals surface area (Å²) in [6.45, 7) is 1.79. The lowest BCUT2D eigenvalue weighted by Gasteiger charge is -2.27. The number of hydrogen-bond donors (Lipinski definition) is 1. The van der Waals surface area contributed by atoms with Crippen LogP contribution in [0.2, 0.25) is 0 Å². The van der Waals surface area contributed by atoms with E-state index in [0.29, 0.717) is 48.5 Å². The summed E-state index contributed by atoms with van der Waals surface area (Å²) in [4.78, 5) is 40.1. The molecule has 1 aliphatic rings. The van der Waals surface area contributed by atoms with Crippen LogP contribution < -0.4 is 10.9 Å². The molecule has 1 saturated heterocycles. The highest BCUT2D eigenvalue weighted by Crippen LogP contribution is 2.20. The van der Waals surface area contributed by atoms with Crippen molar-refractivity contribution in [3.63, 3.8) is 0 Å². The molecule has 0 spiro atoms. The van der Waals surface area contributed by atoms with Crippen LogP contribution in [0.1, 0.15) is 10.4 Å². The van der Waals surface area contributed by atoms with Crippen molar-refractivity contribution in [3.05, 3.63) is 75.0 Å². The Morgan fingerprint density at radius 1 is 1.03 bits per heavy atom. The second-order valence-corrected chi connectivity index (χ2v) is 7.88. The third-order valence-electron chi connectivity index (χ3n) is 4.96. The molecule has 0 saturated carbocycles. The van der Waals surface area contributed by atoms with E-state index < -0.39 is 5.56 Å². The number of aromatic nitrogens is 1. The number of fused-ring (bicyclic) bond motifs is 1. The normalized spacial score (nSPS) is 14.0. The Balaban J connectivity index is 1.66. The Kier molecular flexibility index (Phi) is 5.96. The maximum absolute atomic E-state index is 13.0. The van der Waals surface area contributed by atoms with Gasteiger partial charge in [-0.2, -0.15) is 0 Å². The minimum atomic E-state index is -0.394. The first-order chi connectivity index (χ1) is 14.5. The molecule has 0 radical (unpaired) electrons. The molecule has 0 atom stereocenters. The zero-order valence-electron chi connectivity index (χ0n) is 16.1. The van der Waals surface area contributed by atoms with Crippen LogP contribution in [0.15, 0.2) is 63.9 Å². The summed E-state index contributed by atoms with van der Waals surface area (Å²) in [6, 6.07) is 15.7. The number of amides is 2. The van der Waals surface area contributed by atoms with Gasteiger partial charge in [0, 0.05) is 34.7 Å². The number of carbonyl (C=O) groups excluding carboxylic acids is 2. The van der Waals surface area contributed by atoms with Crippen LogP contribution in [0.5, 0.6) is 0 Å². The lowest BCUT2D eigenvalue weighted by molar-refractivity contribution is -0.116. The largest absolute Gasteiger partial charge is 0.378 e. The van der Waals surface area contributed by atoms with E-state index in [9.17, 15) is 14.4 Å². The number of nitrogens with zero attached hydrogens (tertiary/aromatic N) is 2. The molecule has 1 fully saturated rings. The van der Waals surface area contributed by atoms with Gasteiger partial charge in [-0.25, -0.2) is 0 Å². The van der Waals surface area contributed by atoms with Gasteiger partial charge in [0.1, 0.15) is 6.54 Å². The van der Waals surface area contributed by atoms with E-state index in [0.717, 1.165) is 4.47 Å². The molecular weight excluding hydrogens is 450 g/mol. The molecule has 1 aliphatic heterocycles. The topological polar surface area (TPSA) is 80.6 Å². The monoisotopic (exact) mass is 469 g/mol. The van der Waals surface area contributed by atoms with Crippen molar-refractivity contribution < 1.29 is 14.3 Å². The number of para-hydroxylation sites is 1. The van der Waals surface area contributed by atoms with Crippen molar-refractivity contribution >= 4 is 44.3 Å². The first kappa shape index (κ1) is 20.3. The Labute approximate surface area is 181 Å². The van der Waals surface area contributed by atoms with E-state index >= 15 is 0 Å². The molecule has 7 nitrogen and oxygen atoms in total. The molecule has 0 aliphatic carbocycles. The standard InChI is InChI=1S/C22H20BrN3O4/c23-15-4-3-5-16(12-15)24-20(27)14-26-19-7-2-1-6-17(19)18(13-21(26)28)22(29)25-8-10-30-11-9-25/h1-7,12-13H,8-11,14H2,(H,24,27). The van der Waals surface area contributed by atoms with Gasteiger partial charge in [-0.05, 0) is 24.3 Å². The number of benzene rings is 2. The fourth-order valence-electron chi connectivity index (χ4n) is 3.52. The summed E-state index contributed by atoms with van der Waals surface area (Å²) in [6.07, 6.45) is 0. The summed E-state index contributed by atoms with van der Waals surface area (Å²) in [5.41, 5.74) is 1.13. The summed E-state index contributed by atoms with van der Waals surface area (Å²) in [5, 5.41) is 3.44. The third kappa shape index (κ3) is 4.29. The summed E-state index contributed by atoms with van der Waals surface area (Å²) in [5.74, 6) is -0.523. The molecule has 3 aromatic rings. The number of morpholine rings is 1. The average Bonchev–Trinajstić information content (AvgIpc) is 2.75. The highest BCUT2D eigenvalue weighted by molar-refractivity contribution is 9.10. The maximum Gasteiger partial charge on any atom is 0.254 e. The number of halogens is 1. The van der Waals surface area contributed by atoms with Gasteiger partial charge in [-0.15, -0.1) is 0 Å². The summed E-state index contributed by atoms with van der Waals surface area (Å²) < 4.78 is 7.54. The highest BCUT2D eigenvalue weighted by atomic mass is 79.9. The number of pyridine rings is 1. The van der Waals surface area contributed by atoms with Crippen LogP contribution in [0.3, 0.4) is 0 Å². The molecule has 1 N–H and O–H groups in total. The predicted octanol–water partition coefficient (Wildman–Crippen LogP) is 2.88. The Hall–Kier alpha value is -2.97. The molecular formula is C22H20BrN3O4. The summed E-state index contributed by atoms with van der Waals surface area (Å²) in [7, 11) is 0. The van der Waals surface area contributed by atoms with E-state index in [1.807, 2.05) is 18.2 Å². The highest BCUT2D eigenvalue weighted by Gasteiger charge is 2.22. The van der Waals surface area contributed by atoms with Crippen LogP contribution in [0.25, 0.3) is 10.9 Å². The SMILES string of the molecule is O=C(Cn1c(=O)cc(C(=O)N2CCOCC2)c2ccccc21)Nc1cccc(Br)c1. The van der Waals surface area contributed by atoms with Gasteiger partial charge in [-0.1, -0.05) is 40.2 Å². The van der Waals surface area contributed by atoms with Crippen molar-refractivity contribution in [1.82, 2.24) is 9.47 Å². The Bertz CT molecular complexity index is 1170. The van der Waals surface area contributed by atoms with E-state index in [1.165, 1.54) is 10.6 Å². The minimum Gasteiger partial charge on any atom is -0.378 e. The number of carbonyl (C=O) groups is 2. The molecule has 2 aromatic carbocycles. The van der Waals surface area contributed by atoms with E-state index in [4.69, 9.17) is 4.74 Å². The van der Waals surface area contributed by atoms with Crippen LogP contribution in [0.4, 0.5) is 5.69 Å². The number of nitrogens with one attached hydrogen (secondary N) is 1. The zero-order valence-corrected chi connectivity index (χ0v) is 17.7. The van der Waals surface area contributed by atoms with Crippen LogP contribution in [0, 0.1) is 0 Å². The maximum atomic E-state index is 13.0. The van der Waals surface area contributed by atoms with Gasteiger partial charge in [0.15, 0.2) is 0 Å². The van der Waals surface area contributed by atoms with Crippen LogP contribution in [-0.2, 0) is 16.1 Å². The van der Waals surface area contributed by atoms with Crippen LogP contribution >= 0.6 is 15.9 Å². The molecule has 0 bridgehead atoms. The average molecular weight is 470 g/mol. The number of rotatable bonds is 4. The predicted molar refractivity (Wildman–Crippen MR) is 118 cm³/mol. The fraction of sp³-hybridized carbons (Fsp3) is 0.227. The van der Waals surface area contributed by atoms with E-state index in [1.54, 1.807) is 35.2 Å². The quantitative estimate of drug-likeness (QED) is 0.636. The second-order valence-electron chi connectivity index (χ2n) is 6.96. The van der Waals surface area contributed by atoms with Crippen molar-refractivity contribution in [1.29, 1.82) is 0 Å². The molecule has 0 unspecified atom stereocenters. The van der Waals surface area contributed by atoms with Gasteiger partial charge in [0.05, 0.1) is 24.3 Å². The van der Waals surface area contributed by atoms with Gasteiger partial charge in [-0.3, -0.25) is 19.0 Å². The molecule has 30 heavy (non-hydrogen) atoms. The van der Waals surface area contributed by atoms with Crippen molar-refractivity contribution in [3.8, 4) is 0 Å². The molecule has 8 heteroatoms. The Morgan fingerprint density at radius 3 is 2.57 bits per heavy atom. The molecule has 1 aromatic heterocycles. The van der Waals surface area contributed by atoms with Crippen molar-refractivity contribution in [2.24, 2.45) is 0 Å². The summed E-state index contributed by atoms with van der Waals surface area (Å²) >= 11 is 3.37. The first-order valence-electron chi connectivity index (χ1n) is 9.58. The van der Waals surface area contributed by atoms with Gasteiger partial charge in [0.2, 0.25) is 5.91 Å². The lowest BCUT2D eigenvalue weighted by atomic mass is 10.1. The number of ether oxygens (including phenoxy) is 1. The smallest absolute Gasteiger partial charge is 0.254 e. The molecule has 154 valence electrons. The lowest BCUT2D eigenvalue weighted by Crippen LogP contribution is -2.41. The Morgan fingerprint density at radius 2 is 1.80 bits per heavy atom. The molecule has 2 amide bonds. The van der Waals surface area contributed by atoms with Crippen LogP contribution in [-0.4, -0.2) is 47.6 Å². The zero-order chi connectivity index (χ0) is 21.1. The van der Waals surface area contributed by atoms with Gasteiger partial charge < -0.3 is 15.0 Å². The van der Waals surface area contributed by atoms with E-state index in [-0.39, 0.29) is 18.4 Å². The van der Waals surface area contributed by atoms with Gasteiger partial charge >= 0.3 is 0 Å². The third-order valence-corrected chi connectivity index (χ3v) is 5.45. The number of hydrogen-bond acceptors (Lipinski definition) is 4. The fourth-order valence-corrected chi connectivity index (χ4v) is 3.92. The van der Waals surface area contributed by atoms with Gasteiger partial charge in [0.25, 0.3) is 11.5 Å². The van der Waals surface area contributed by atoms with Crippen molar-refractivity contribution in [2.75, 3.05) is 31.6 Å².